The number of thioether (sulfide) groups is 1. The van der Waals surface area contributed by atoms with Gasteiger partial charge in [-0.05, 0) is 46.6 Å². The maximum absolute atomic E-state index is 13.3. The smallest absolute Gasteiger partial charge is 0.316 e. The average Bonchev–Trinajstić information content (AvgIpc) is 3.30. The van der Waals surface area contributed by atoms with Gasteiger partial charge in [0, 0.05) is 5.69 Å². The number of ether oxygens (including phenoxy) is 1. The minimum absolute atomic E-state index is 0.141. The molecule has 3 heterocycles. The van der Waals surface area contributed by atoms with Crippen LogP contribution in [-0.2, 0) is 15.1 Å². The molecule has 0 spiro atoms. The molecule has 0 aliphatic rings. The molecule has 0 radical (unpaired) electrons. The van der Waals surface area contributed by atoms with Crippen LogP contribution in [0.3, 0.4) is 0 Å². The fraction of sp³-hybridized carbons (Fsp3) is 0.524. The zero-order chi connectivity index (χ0) is 23.6. The van der Waals surface area contributed by atoms with Gasteiger partial charge in [-0.15, -0.1) is 10.2 Å². The van der Waals surface area contributed by atoms with Crippen LogP contribution < -0.4 is 5.32 Å². The number of aryl methyl sites for hydroxylation is 1. The number of nitrogens with zero attached hydrogens (tertiary/aromatic N) is 5. The van der Waals surface area contributed by atoms with Crippen molar-refractivity contribution < 1.29 is 14.3 Å². The zero-order valence-corrected chi connectivity index (χ0v) is 21.0. The van der Waals surface area contributed by atoms with Crippen molar-refractivity contribution in [2.75, 3.05) is 17.7 Å². The van der Waals surface area contributed by atoms with Gasteiger partial charge in [-0.25, -0.2) is 9.67 Å². The van der Waals surface area contributed by atoms with E-state index in [2.05, 4.69) is 41.4 Å². The molecule has 1 N–H and O–H groups in total. The largest absolute Gasteiger partial charge is 0.465 e. The lowest BCUT2D eigenvalue weighted by Crippen LogP contribution is -2.24. The third-order valence-corrected chi connectivity index (χ3v) is 6.50. The van der Waals surface area contributed by atoms with E-state index in [0.717, 1.165) is 16.8 Å². The van der Waals surface area contributed by atoms with Crippen LogP contribution in [0.2, 0.25) is 0 Å². The van der Waals surface area contributed by atoms with Crippen molar-refractivity contribution in [3.05, 3.63) is 23.0 Å². The Morgan fingerprint density at radius 1 is 1.28 bits per heavy atom. The number of nitrogens with one attached hydrogen (secondary N) is 1. The number of hydrogen-bond donors (Lipinski definition) is 1. The van der Waals surface area contributed by atoms with Crippen molar-refractivity contribution in [2.24, 2.45) is 0 Å². The minimum Gasteiger partial charge on any atom is -0.465 e. The first-order chi connectivity index (χ1) is 15.0. The van der Waals surface area contributed by atoms with E-state index in [4.69, 9.17) is 9.72 Å². The van der Waals surface area contributed by atoms with Crippen molar-refractivity contribution in [3.63, 3.8) is 0 Å². The Morgan fingerprint density at radius 3 is 2.62 bits per heavy atom. The van der Waals surface area contributed by atoms with Crippen LogP contribution in [0.1, 0.15) is 69.2 Å². The fourth-order valence-corrected chi connectivity index (χ4v) is 4.60. The highest BCUT2D eigenvalue weighted by Gasteiger charge is 2.25. The third-order valence-electron chi connectivity index (χ3n) is 4.55. The predicted octanol–water partition coefficient (Wildman–Crippen LogP) is 4.38. The van der Waals surface area contributed by atoms with Crippen LogP contribution >= 0.6 is 23.1 Å². The molecule has 0 aliphatic carbocycles. The van der Waals surface area contributed by atoms with Gasteiger partial charge in [0.1, 0.15) is 0 Å². The number of fused-ring (bicyclic) bond motifs is 1. The first-order valence-corrected chi connectivity index (χ1v) is 12.2. The molecule has 0 atom stereocenters. The van der Waals surface area contributed by atoms with Gasteiger partial charge in [-0.1, -0.05) is 36.9 Å². The standard InChI is InChI=1S/C21H28N6O3S2/c1-8-30-15(28)10-31-20-25-24-19(32-20)23-18(29)13-9-14(11(2)3)22-17-16(13)12(4)26-27(17)21(5,6)7/h9,11H,8,10H2,1-7H3,(H,23,24,29). The summed E-state index contributed by atoms with van der Waals surface area (Å²) in [5.74, 6) is -0.328. The minimum atomic E-state index is -0.315. The molecule has 3 aromatic heterocycles. The van der Waals surface area contributed by atoms with Gasteiger partial charge in [0.15, 0.2) is 9.99 Å². The first-order valence-electron chi connectivity index (χ1n) is 10.3. The molecule has 0 saturated heterocycles. The van der Waals surface area contributed by atoms with E-state index in [1.165, 1.54) is 23.1 Å². The predicted molar refractivity (Wildman–Crippen MR) is 127 cm³/mol. The van der Waals surface area contributed by atoms with E-state index in [0.29, 0.717) is 27.3 Å². The second-order valence-corrected chi connectivity index (χ2v) is 10.7. The first kappa shape index (κ1) is 24.1. The van der Waals surface area contributed by atoms with Crippen molar-refractivity contribution in [3.8, 4) is 0 Å². The topological polar surface area (TPSA) is 112 Å². The number of aromatic nitrogens is 5. The van der Waals surface area contributed by atoms with Gasteiger partial charge < -0.3 is 4.74 Å². The maximum Gasteiger partial charge on any atom is 0.316 e. The van der Waals surface area contributed by atoms with E-state index in [-0.39, 0.29) is 29.1 Å². The normalized spacial score (nSPS) is 11.9. The van der Waals surface area contributed by atoms with E-state index in [1.54, 1.807) is 6.92 Å². The molecule has 0 saturated carbocycles. The monoisotopic (exact) mass is 476 g/mol. The van der Waals surface area contributed by atoms with Crippen LogP contribution in [0.5, 0.6) is 0 Å². The van der Waals surface area contributed by atoms with Gasteiger partial charge in [-0.3, -0.25) is 14.9 Å². The summed E-state index contributed by atoms with van der Waals surface area (Å²) in [6.45, 7) is 14.2. The van der Waals surface area contributed by atoms with Crippen LogP contribution in [0.4, 0.5) is 5.13 Å². The second kappa shape index (κ2) is 9.53. The van der Waals surface area contributed by atoms with Crippen LogP contribution in [-0.4, -0.2) is 49.2 Å². The number of carbonyl (C=O) groups excluding carboxylic acids is 2. The molecule has 3 aromatic rings. The molecule has 0 aromatic carbocycles. The third kappa shape index (κ3) is 5.26. The Kier molecular flexibility index (Phi) is 7.19. The summed E-state index contributed by atoms with van der Waals surface area (Å²) in [4.78, 5) is 29.6. The number of amides is 1. The van der Waals surface area contributed by atoms with E-state index in [1.807, 2.05) is 31.5 Å². The van der Waals surface area contributed by atoms with Gasteiger partial charge in [0.05, 0.1) is 34.5 Å². The number of carbonyl (C=O) groups is 2. The molecule has 0 unspecified atom stereocenters. The molecule has 11 heteroatoms. The molecule has 32 heavy (non-hydrogen) atoms. The summed E-state index contributed by atoms with van der Waals surface area (Å²) < 4.78 is 7.36. The summed E-state index contributed by atoms with van der Waals surface area (Å²) in [7, 11) is 0. The highest BCUT2D eigenvalue weighted by molar-refractivity contribution is 8.01. The second-order valence-electron chi connectivity index (χ2n) is 8.54. The molecule has 3 rings (SSSR count). The molecule has 1 amide bonds. The molecule has 172 valence electrons. The summed E-state index contributed by atoms with van der Waals surface area (Å²) in [5, 5.41) is 16.7. The average molecular weight is 477 g/mol. The lowest BCUT2D eigenvalue weighted by Gasteiger charge is -2.20. The lowest BCUT2D eigenvalue weighted by atomic mass is 10.0. The van der Waals surface area contributed by atoms with Crippen molar-refractivity contribution >= 4 is 51.1 Å². The molecule has 0 aliphatic heterocycles. The van der Waals surface area contributed by atoms with Crippen LogP contribution in [0, 0.1) is 6.92 Å². The summed E-state index contributed by atoms with van der Waals surface area (Å²) in [5.41, 5.74) is 2.46. The van der Waals surface area contributed by atoms with E-state index in [9.17, 15) is 9.59 Å². The van der Waals surface area contributed by atoms with Crippen molar-refractivity contribution in [1.29, 1.82) is 0 Å². The molecular formula is C21H28N6O3S2. The van der Waals surface area contributed by atoms with E-state index < -0.39 is 0 Å². The van der Waals surface area contributed by atoms with Crippen LogP contribution in [0.25, 0.3) is 11.0 Å². The Labute approximate surface area is 195 Å². The summed E-state index contributed by atoms with van der Waals surface area (Å²) >= 11 is 2.44. The summed E-state index contributed by atoms with van der Waals surface area (Å²) in [6.07, 6.45) is 0. The quantitative estimate of drug-likeness (QED) is 0.304. The van der Waals surface area contributed by atoms with Gasteiger partial charge >= 0.3 is 5.97 Å². The molecular weight excluding hydrogens is 448 g/mol. The molecule has 0 fully saturated rings. The highest BCUT2D eigenvalue weighted by Crippen LogP contribution is 2.30. The Balaban J connectivity index is 1.91. The number of esters is 1. The molecule has 0 bridgehead atoms. The number of hydrogen-bond acceptors (Lipinski definition) is 9. The van der Waals surface area contributed by atoms with Crippen molar-refractivity contribution in [1.82, 2.24) is 25.0 Å². The Morgan fingerprint density at radius 2 is 2.00 bits per heavy atom. The van der Waals surface area contributed by atoms with Crippen molar-refractivity contribution in [2.45, 2.75) is 64.3 Å². The van der Waals surface area contributed by atoms with Gasteiger partial charge in [0.25, 0.3) is 5.91 Å². The summed E-state index contributed by atoms with van der Waals surface area (Å²) in [6, 6.07) is 1.82. The maximum atomic E-state index is 13.3. The molecule has 9 nitrogen and oxygen atoms in total. The Bertz CT molecular complexity index is 1150. The van der Waals surface area contributed by atoms with Gasteiger partial charge in [0.2, 0.25) is 5.13 Å². The highest BCUT2D eigenvalue weighted by atomic mass is 32.2. The number of pyridine rings is 1. The SMILES string of the molecule is CCOC(=O)CSc1nnc(NC(=O)c2cc(C(C)C)nc3c2c(C)nn3C(C)(C)C)s1. The number of anilines is 1. The lowest BCUT2D eigenvalue weighted by molar-refractivity contribution is -0.139. The van der Waals surface area contributed by atoms with E-state index >= 15 is 0 Å². The zero-order valence-electron chi connectivity index (χ0n) is 19.3. The van der Waals surface area contributed by atoms with Crippen LogP contribution in [0.15, 0.2) is 10.4 Å². The number of rotatable bonds is 7. The Hall–Kier alpha value is -2.53. The fourth-order valence-electron chi connectivity index (χ4n) is 3.06. The van der Waals surface area contributed by atoms with Gasteiger partial charge in [-0.2, -0.15) is 5.10 Å².